The number of hydrogen-bond acceptors (Lipinski definition) is 3. The van der Waals surface area contributed by atoms with E-state index in [1.807, 2.05) is 31.2 Å². The highest BCUT2D eigenvalue weighted by molar-refractivity contribution is 5.76. The maximum atomic E-state index is 11.7. The minimum absolute atomic E-state index is 0.0477. The van der Waals surface area contributed by atoms with E-state index in [1.165, 1.54) is 0 Å². The van der Waals surface area contributed by atoms with E-state index < -0.39 is 0 Å². The fourth-order valence-electron chi connectivity index (χ4n) is 1.75. The molecule has 0 aromatic heterocycles. The highest BCUT2D eigenvalue weighted by atomic mass is 16.5. The lowest BCUT2D eigenvalue weighted by Gasteiger charge is -2.20. The molecule has 0 aliphatic carbocycles. The van der Waals surface area contributed by atoms with Crippen molar-refractivity contribution in [2.24, 2.45) is 0 Å². The molecule has 1 aromatic carbocycles. The fourth-order valence-corrected chi connectivity index (χ4v) is 1.75. The summed E-state index contributed by atoms with van der Waals surface area (Å²) in [6.07, 6.45) is 0.489. The third-order valence-corrected chi connectivity index (χ3v) is 2.71. The van der Waals surface area contributed by atoms with Crippen molar-refractivity contribution in [1.29, 1.82) is 0 Å². The van der Waals surface area contributed by atoms with Gasteiger partial charge in [-0.2, -0.15) is 0 Å². The molecule has 0 radical (unpaired) electrons. The van der Waals surface area contributed by atoms with Crippen LogP contribution >= 0.6 is 0 Å². The molecule has 0 aliphatic heterocycles. The predicted molar refractivity (Wildman–Crippen MR) is 81.8 cm³/mol. The third kappa shape index (κ3) is 7.14. The van der Waals surface area contributed by atoms with Crippen molar-refractivity contribution in [2.45, 2.75) is 46.2 Å². The van der Waals surface area contributed by atoms with Crippen LogP contribution in [0.15, 0.2) is 24.3 Å². The quantitative estimate of drug-likeness (QED) is 0.805. The molecule has 0 fully saturated rings. The number of carbonyl (C=O) groups is 1. The first-order valence-electron chi connectivity index (χ1n) is 7.14. The van der Waals surface area contributed by atoms with Crippen molar-refractivity contribution >= 4 is 5.91 Å². The Morgan fingerprint density at radius 3 is 2.70 bits per heavy atom. The maximum Gasteiger partial charge on any atom is 0.221 e. The Labute approximate surface area is 121 Å². The first-order chi connectivity index (χ1) is 9.40. The van der Waals surface area contributed by atoms with Crippen molar-refractivity contribution < 1.29 is 9.53 Å². The van der Waals surface area contributed by atoms with Crippen LogP contribution in [0.3, 0.4) is 0 Å². The molecule has 0 heterocycles. The van der Waals surface area contributed by atoms with Crippen LogP contribution < -0.4 is 15.4 Å². The summed E-state index contributed by atoms with van der Waals surface area (Å²) in [7, 11) is 0. The maximum absolute atomic E-state index is 11.7. The summed E-state index contributed by atoms with van der Waals surface area (Å²) >= 11 is 0. The number of nitrogens with one attached hydrogen (secondary N) is 2. The molecular formula is C16H26N2O2. The van der Waals surface area contributed by atoms with Gasteiger partial charge < -0.3 is 15.4 Å². The van der Waals surface area contributed by atoms with Gasteiger partial charge >= 0.3 is 0 Å². The molecule has 4 heteroatoms. The van der Waals surface area contributed by atoms with Gasteiger partial charge in [-0.3, -0.25) is 4.79 Å². The molecule has 0 atom stereocenters. The van der Waals surface area contributed by atoms with Gasteiger partial charge in [0.15, 0.2) is 0 Å². The highest BCUT2D eigenvalue weighted by Crippen LogP contribution is 2.12. The molecular weight excluding hydrogens is 252 g/mol. The molecule has 0 unspecified atom stereocenters. The van der Waals surface area contributed by atoms with Crippen molar-refractivity contribution in [3.63, 3.8) is 0 Å². The van der Waals surface area contributed by atoms with E-state index in [4.69, 9.17) is 4.74 Å². The van der Waals surface area contributed by atoms with Crippen LogP contribution in [0.5, 0.6) is 5.75 Å². The van der Waals surface area contributed by atoms with Gasteiger partial charge in [-0.15, -0.1) is 0 Å². The minimum atomic E-state index is 0.0477. The van der Waals surface area contributed by atoms with E-state index in [0.29, 0.717) is 26.1 Å². The van der Waals surface area contributed by atoms with Crippen LogP contribution in [-0.2, 0) is 11.3 Å². The molecule has 0 aliphatic rings. The summed E-state index contributed by atoms with van der Waals surface area (Å²) in [5.41, 5.74) is 1.10. The van der Waals surface area contributed by atoms with Gasteiger partial charge in [-0.25, -0.2) is 0 Å². The summed E-state index contributed by atoms with van der Waals surface area (Å²) in [6, 6.07) is 7.79. The molecule has 4 nitrogen and oxygen atoms in total. The molecule has 2 N–H and O–H groups in total. The largest absolute Gasteiger partial charge is 0.494 e. The Morgan fingerprint density at radius 2 is 2.05 bits per heavy atom. The second kappa shape index (κ2) is 7.90. The zero-order valence-electron chi connectivity index (χ0n) is 13.0. The van der Waals surface area contributed by atoms with Gasteiger partial charge in [0.1, 0.15) is 5.75 Å². The predicted octanol–water partition coefficient (Wildman–Crippen LogP) is 2.48. The minimum Gasteiger partial charge on any atom is -0.494 e. The Balaban J connectivity index is 2.32. The number of amides is 1. The number of rotatable bonds is 7. The Morgan fingerprint density at radius 1 is 1.30 bits per heavy atom. The summed E-state index contributed by atoms with van der Waals surface area (Å²) in [5, 5.41) is 6.22. The van der Waals surface area contributed by atoms with E-state index in [1.54, 1.807) is 0 Å². The van der Waals surface area contributed by atoms with Crippen LogP contribution in [0, 0.1) is 0 Å². The third-order valence-electron chi connectivity index (χ3n) is 2.71. The van der Waals surface area contributed by atoms with Gasteiger partial charge in [0.05, 0.1) is 6.61 Å². The van der Waals surface area contributed by atoms with Crippen LogP contribution in [0.1, 0.15) is 39.7 Å². The molecule has 1 amide bonds. The Hall–Kier alpha value is -1.55. The number of hydrogen-bond donors (Lipinski definition) is 2. The molecule has 112 valence electrons. The molecule has 0 saturated heterocycles. The summed E-state index contributed by atoms with van der Waals surface area (Å²) in [4.78, 5) is 11.7. The van der Waals surface area contributed by atoms with Crippen molar-refractivity contribution in [3.8, 4) is 5.75 Å². The first-order valence-corrected chi connectivity index (χ1v) is 7.14. The monoisotopic (exact) mass is 278 g/mol. The second-order valence-electron chi connectivity index (χ2n) is 5.78. The van der Waals surface area contributed by atoms with Gasteiger partial charge in [0.2, 0.25) is 5.91 Å². The van der Waals surface area contributed by atoms with E-state index in [0.717, 1.165) is 11.3 Å². The van der Waals surface area contributed by atoms with Crippen LogP contribution in [-0.4, -0.2) is 24.6 Å². The molecule has 0 saturated carbocycles. The second-order valence-corrected chi connectivity index (χ2v) is 5.78. The smallest absolute Gasteiger partial charge is 0.221 e. The SMILES string of the molecule is CCOc1cccc(CNC(=O)CCNC(C)(C)C)c1. The van der Waals surface area contributed by atoms with Gasteiger partial charge in [0.25, 0.3) is 0 Å². The number of ether oxygens (including phenoxy) is 1. The van der Waals surface area contributed by atoms with E-state index >= 15 is 0 Å². The lowest BCUT2D eigenvalue weighted by Crippen LogP contribution is -2.38. The van der Waals surface area contributed by atoms with Crippen LogP contribution in [0.2, 0.25) is 0 Å². The highest BCUT2D eigenvalue weighted by Gasteiger charge is 2.09. The van der Waals surface area contributed by atoms with E-state index in [9.17, 15) is 4.79 Å². The number of carbonyl (C=O) groups excluding carboxylic acids is 1. The Bertz CT molecular complexity index is 425. The molecule has 0 spiro atoms. The summed E-state index contributed by atoms with van der Waals surface area (Å²) in [5.74, 6) is 0.900. The lowest BCUT2D eigenvalue weighted by atomic mass is 10.1. The zero-order valence-corrected chi connectivity index (χ0v) is 13.0. The van der Waals surface area contributed by atoms with E-state index in [-0.39, 0.29) is 11.4 Å². The van der Waals surface area contributed by atoms with Crippen molar-refractivity contribution in [1.82, 2.24) is 10.6 Å². The van der Waals surface area contributed by atoms with E-state index in [2.05, 4.69) is 31.4 Å². The van der Waals surface area contributed by atoms with Gasteiger partial charge in [0, 0.05) is 25.0 Å². The van der Waals surface area contributed by atoms with Crippen molar-refractivity contribution in [2.75, 3.05) is 13.2 Å². The standard InChI is InChI=1S/C16H26N2O2/c1-5-20-14-8-6-7-13(11-14)12-17-15(19)9-10-18-16(2,3)4/h6-8,11,18H,5,9-10,12H2,1-4H3,(H,17,19). The van der Waals surface area contributed by atoms with Crippen LogP contribution in [0.25, 0.3) is 0 Å². The molecule has 20 heavy (non-hydrogen) atoms. The molecule has 1 aromatic rings. The van der Waals surface area contributed by atoms with Crippen molar-refractivity contribution in [3.05, 3.63) is 29.8 Å². The van der Waals surface area contributed by atoms with Gasteiger partial charge in [-0.05, 0) is 45.4 Å². The summed E-state index contributed by atoms with van der Waals surface area (Å²) < 4.78 is 5.43. The normalized spacial score (nSPS) is 11.2. The molecule has 1 rings (SSSR count). The lowest BCUT2D eigenvalue weighted by molar-refractivity contribution is -0.121. The summed E-state index contributed by atoms with van der Waals surface area (Å²) in [6.45, 7) is 10.1. The Kier molecular flexibility index (Phi) is 6.52. The first kappa shape index (κ1) is 16.5. The van der Waals surface area contributed by atoms with Gasteiger partial charge in [-0.1, -0.05) is 12.1 Å². The molecule has 0 bridgehead atoms. The fraction of sp³-hybridized carbons (Fsp3) is 0.562. The topological polar surface area (TPSA) is 50.4 Å². The van der Waals surface area contributed by atoms with Crippen LogP contribution in [0.4, 0.5) is 0 Å². The zero-order chi connectivity index (χ0) is 15.0. The average molecular weight is 278 g/mol. The number of benzene rings is 1. The average Bonchev–Trinajstić information content (AvgIpc) is 2.36.